The molecule has 1 unspecified atom stereocenters. The summed E-state index contributed by atoms with van der Waals surface area (Å²) < 4.78 is 11.5. The van der Waals surface area contributed by atoms with Crippen molar-refractivity contribution in [1.29, 1.82) is 0 Å². The predicted molar refractivity (Wildman–Crippen MR) is 95.0 cm³/mol. The molecule has 4 heteroatoms. The first kappa shape index (κ1) is 19.5. The lowest BCUT2D eigenvalue weighted by molar-refractivity contribution is -0.140. The van der Waals surface area contributed by atoms with Crippen LogP contribution in [0.4, 0.5) is 5.69 Å². The summed E-state index contributed by atoms with van der Waals surface area (Å²) in [6, 6.07) is 7.45. The number of amides is 1. The van der Waals surface area contributed by atoms with E-state index >= 15 is 0 Å². The molecule has 0 radical (unpaired) electrons. The third kappa shape index (κ3) is 6.61. The highest BCUT2D eigenvalue weighted by molar-refractivity contribution is 5.97. The third-order valence-corrected chi connectivity index (χ3v) is 3.60. The van der Waals surface area contributed by atoms with Crippen molar-refractivity contribution < 1.29 is 14.3 Å². The Labute approximate surface area is 140 Å². The number of rotatable bonds is 10. The van der Waals surface area contributed by atoms with Crippen molar-refractivity contribution in [2.24, 2.45) is 0 Å². The van der Waals surface area contributed by atoms with Gasteiger partial charge in [0, 0.05) is 12.3 Å². The number of benzene rings is 1. The van der Waals surface area contributed by atoms with Gasteiger partial charge in [0.1, 0.15) is 11.4 Å². The van der Waals surface area contributed by atoms with Crippen LogP contribution in [-0.4, -0.2) is 24.2 Å². The SMILES string of the molecule is CCCCC(C)(OCCC)C(=O)Nc1ccc(OC(C)C)cc1. The number of carbonyl (C=O) groups excluding carboxylic acids is 1. The second-order valence-electron chi connectivity index (χ2n) is 6.33. The van der Waals surface area contributed by atoms with Gasteiger partial charge in [-0.1, -0.05) is 26.7 Å². The third-order valence-electron chi connectivity index (χ3n) is 3.60. The van der Waals surface area contributed by atoms with Crippen LogP contribution in [0.2, 0.25) is 0 Å². The second-order valence-corrected chi connectivity index (χ2v) is 6.33. The topological polar surface area (TPSA) is 47.6 Å². The van der Waals surface area contributed by atoms with Gasteiger partial charge in [0.15, 0.2) is 0 Å². The van der Waals surface area contributed by atoms with Gasteiger partial charge in [0.25, 0.3) is 5.91 Å². The van der Waals surface area contributed by atoms with Crippen molar-refractivity contribution in [3.05, 3.63) is 24.3 Å². The number of hydrogen-bond acceptors (Lipinski definition) is 3. The molecule has 0 heterocycles. The van der Waals surface area contributed by atoms with Gasteiger partial charge in [-0.15, -0.1) is 0 Å². The fourth-order valence-electron chi connectivity index (χ4n) is 2.24. The normalized spacial score (nSPS) is 13.7. The highest BCUT2D eigenvalue weighted by Gasteiger charge is 2.33. The zero-order valence-corrected chi connectivity index (χ0v) is 15.1. The van der Waals surface area contributed by atoms with E-state index in [-0.39, 0.29) is 12.0 Å². The average molecular weight is 321 g/mol. The molecule has 0 aliphatic rings. The summed E-state index contributed by atoms with van der Waals surface area (Å²) in [4.78, 5) is 12.6. The molecule has 0 saturated carbocycles. The average Bonchev–Trinajstić information content (AvgIpc) is 2.52. The summed E-state index contributed by atoms with van der Waals surface area (Å²) in [5.74, 6) is 0.714. The van der Waals surface area contributed by atoms with E-state index in [0.717, 1.165) is 37.1 Å². The molecular formula is C19H31NO3. The molecule has 1 amide bonds. The molecule has 0 aromatic heterocycles. The van der Waals surface area contributed by atoms with Crippen molar-refractivity contribution in [1.82, 2.24) is 0 Å². The van der Waals surface area contributed by atoms with Crippen molar-refractivity contribution in [3.63, 3.8) is 0 Å². The van der Waals surface area contributed by atoms with Gasteiger partial charge in [-0.05, 0) is 57.9 Å². The molecule has 1 N–H and O–H groups in total. The lowest BCUT2D eigenvalue weighted by atomic mass is 9.97. The van der Waals surface area contributed by atoms with Crippen LogP contribution in [0.3, 0.4) is 0 Å². The van der Waals surface area contributed by atoms with Crippen molar-refractivity contribution in [2.45, 2.75) is 72.0 Å². The van der Waals surface area contributed by atoms with Crippen molar-refractivity contribution >= 4 is 11.6 Å². The van der Waals surface area contributed by atoms with Crippen LogP contribution < -0.4 is 10.1 Å². The molecular weight excluding hydrogens is 290 g/mol. The Morgan fingerprint density at radius 2 is 1.83 bits per heavy atom. The smallest absolute Gasteiger partial charge is 0.256 e. The second kappa shape index (κ2) is 9.56. The molecule has 1 aromatic rings. The zero-order chi connectivity index (χ0) is 17.3. The Morgan fingerprint density at radius 1 is 1.17 bits per heavy atom. The quantitative estimate of drug-likeness (QED) is 0.674. The first-order chi connectivity index (χ1) is 10.9. The summed E-state index contributed by atoms with van der Waals surface area (Å²) in [7, 11) is 0. The van der Waals surface area contributed by atoms with Crippen LogP contribution in [0.5, 0.6) is 5.75 Å². The highest BCUT2D eigenvalue weighted by Crippen LogP contribution is 2.23. The number of unbranched alkanes of at least 4 members (excludes halogenated alkanes) is 1. The molecule has 0 aliphatic carbocycles. The van der Waals surface area contributed by atoms with Crippen LogP contribution in [0.1, 0.15) is 60.3 Å². The molecule has 0 saturated heterocycles. The first-order valence-electron chi connectivity index (χ1n) is 8.63. The van der Waals surface area contributed by atoms with Crippen LogP contribution in [0, 0.1) is 0 Å². The Bertz CT molecular complexity index is 460. The van der Waals surface area contributed by atoms with Crippen molar-refractivity contribution in [3.8, 4) is 5.75 Å². The summed E-state index contributed by atoms with van der Waals surface area (Å²) in [5.41, 5.74) is -0.0204. The van der Waals surface area contributed by atoms with E-state index in [4.69, 9.17) is 9.47 Å². The zero-order valence-electron chi connectivity index (χ0n) is 15.1. The van der Waals surface area contributed by atoms with Crippen LogP contribution in [0.25, 0.3) is 0 Å². The Kier molecular flexibility index (Phi) is 8.10. The number of ether oxygens (including phenoxy) is 2. The van der Waals surface area contributed by atoms with Crippen LogP contribution in [0.15, 0.2) is 24.3 Å². The molecule has 4 nitrogen and oxygen atoms in total. The molecule has 1 rings (SSSR count). The molecule has 1 aromatic carbocycles. The Balaban J connectivity index is 2.73. The fourth-order valence-corrected chi connectivity index (χ4v) is 2.24. The monoisotopic (exact) mass is 321 g/mol. The summed E-state index contributed by atoms with van der Waals surface area (Å²) in [6.45, 7) is 10.6. The summed E-state index contributed by atoms with van der Waals surface area (Å²) >= 11 is 0. The predicted octanol–water partition coefficient (Wildman–Crippen LogP) is 4.79. The van der Waals surface area contributed by atoms with E-state index in [9.17, 15) is 4.79 Å². The molecule has 0 aliphatic heterocycles. The van der Waals surface area contributed by atoms with Gasteiger partial charge in [0.2, 0.25) is 0 Å². The van der Waals surface area contributed by atoms with Gasteiger partial charge in [-0.25, -0.2) is 0 Å². The van der Waals surface area contributed by atoms with Gasteiger partial charge < -0.3 is 14.8 Å². The maximum Gasteiger partial charge on any atom is 0.256 e. The molecule has 0 fully saturated rings. The Hall–Kier alpha value is -1.55. The minimum absolute atomic E-state index is 0.0862. The number of nitrogens with one attached hydrogen (secondary N) is 1. The van der Waals surface area contributed by atoms with Gasteiger partial charge >= 0.3 is 0 Å². The number of anilines is 1. The number of hydrogen-bond donors (Lipinski definition) is 1. The highest BCUT2D eigenvalue weighted by atomic mass is 16.5. The van der Waals surface area contributed by atoms with Gasteiger partial charge in [-0.3, -0.25) is 4.79 Å². The van der Waals surface area contributed by atoms with E-state index in [1.54, 1.807) is 0 Å². The summed E-state index contributed by atoms with van der Waals surface area (Å²) in [5, 5.41) is 2.96. The molecule has 1 atom stereocenters. The lowest BCUT2D eigenvalue weighted by Gasteiger charge is -2.28. The number of carbonyl (C=O) groups is 1. The van der Waals surface area contributed by atoms with E-state index in [1.807, 2.05) is 52.0 Å². The van der Waals surface area contributed by atoms with Crippen molar-refractivity contribution in [2.75, 3.05) is 11.9 Å². The Morgan fingerprint density at radius 3 is 2.35 bits per heavy atom. The minimum Gasteiger partial charge on any atom is -0.491 e. The maximum absolute atomic E-state index is 12.6. The van der Waals surface area contributed by atoms with Gasteiger partial charge in [0.05, 0.1) is 6.10 Å². The molecule has 130 valence electrons. The van der Waals surface area contributed by atoms with E-state index in [0.29, 0.717) is 6.61 Å². The fraction of sp³-hybridized carbons (Fsp3) is 0.632. The lowest BCUT2D eigenvalue weighted by Crippen LogP contribution is -2.43. The molecule has 0 bridgehead atoms. The van der Waals surface area contributed by atoms with E-state index in [1.165, 1.54) is 0 Å². The maximum atomic E-state index is 12.6. The van der Waals surface area contributed by atoms with Crippen LogP contribution >= 0.6 is 0 Å². The van der Waals surface area contributed by atoms with E-state index < -0.39 is 5.60 Å². The molecule has 23 heavy (non-hydrogen) atoms. The van der Waals surface area contributed by atoms with Crippen LogP contribution in [-0.2, 0) is 9.53 Å². The van der Waals surface area contributed by atoms with E-state index in [2.05, 4.69) is 12.2 Å². The molecule has 0 spiro atoms. The first-order valence-corrected chi connectivity index (χ1v) is 8.63. The minimum atomic E-state index is -0.779. The van der Waals surface area contributed by atoms with Gasteiger partial charge in [-0.2, -0.15) is 0 Å². The largest absolute Gasteiger partial charge is 0.491 e. The standard InChI is InChI=1S/C19H31NO3/c1-6-8-13-19(5,22-14-7-2)18(21)20-16-9-11-17(12-10-16)23-15(3)4/h9-12,15H,6-8,13-14H2,1-5H3,(H,20,21). The summed E-state index contributed by atoms with van der Waals surface area (Å²) in [6.07, 6.45) is 3.77.